The van der Waals surface area contributed by atoms with Gasteiger partial charge in [0.1, 0.15) is 23.3 Å². The van der Waals surface area contributed by atoms with Gasteiger partial charge in [-0.1, -0.05) is 0 Å². The van der Waals surface area contributed by atoms with E-state index < -0.39 is 0 Å². The van der Waals surface area contributed by atoms with Crippen LogP contribution in [0.25, 0.3) is 11.4 Å². The second kappa shape index (κ2) is 4.94. The van der Waals surface area contributed by atoms with Crippen molar-refractivity contribution >= 4 is 5.82 Å². The molecule has 0 atom stereocenters. The fraction of sp³-hybridized carbons (Fsp3) is 0.214. The average molecular weight is 254 g/mol. The second-order valence-electron chi connectivity index (χ2n) is 4.25. The van der Waals surface area contributed by atoms with Gasteiger partial charge < -0.3 is 10.5 Å². The number of rotatable bonds is 2. The van der Waals surface area contributed by atoms with Gasteiger partial charge in [-0.3, -0.25) is 0 Å². The Bertz CT molecular complexity index is 674. The Kier molecular flexibility index (Phi) is 3.34. The number of ether oxygens (including phenoxy) is 1. The fourth-order valence-corrected chi connectivity index (χ4v) is 1.89. The van der Waals surface area contributed by atoms with E-state index in [0.717, 1.165) is 22.4 Å². The van der Waals surface area contributed by atoms with E-state index in [1.807, 2.05) is 32.0 Å². The number of benzene rings is 1. The van der Waals surface area contributed by atoms with Crippen LogP contribution in [0, 0.1) is 25.2 Å². The van der Waals surface area contributed by atoms with Crippen LogP contribution in [0.3, 0.4) is 0 Å². The van der Waals surface area contributed by atoms with Gasteiger partial charge in [0.25, 0.3) is 0 Å². The van der Waals surface area contributed by atoms with E-state index in [1.54, 1.807) is 7.11 Å². The van der Waals surface area contributed by atoms with E-state index >= 15 is 0 Å². The normalized spacial score (nSPS) is 10.0. The Balaban J connectivity index is 2.62. The van der Waals surface area contributed by atoms with Crippen molar-refractivity contribution in [1.29, 1.82) is 5.26 Å². The average Bonchev–Trinajstić information content (AvgIpc) is 2.40. The van der Waals surface area contributed by atoms with Crippen molar-refractivity contribution in [3.8, 4) is 23.2 Å². The van der Waals surface area contributed by atoms with Gasteiger partial charge in [0.15, 0.2) is 5.82 Å². The summed E-state index contributed by atoms with van der Waals surface area (Å²) < 4.78 is 5.27. The molecule has 0 spiro atoms. The molecule has 0 saturated heterocycles. The first-order chi connectivity index (χ1) is 9.05. The van der Waals surface area contributed by atoms with E-state index in [1.165, 1.54) is 6.07 Å². The first kappa shape index (κ1) is 12.8. The van der Waals surface area contributed by atoms with Crippen LogP contribution >= 0.6 is 0 Å². The number of anilines is 1. The molecule has 1 heterocycles. The van der Waals surface area contributed by atoms with Gasteiger partial charge in [-0.25, -0.2) is 9.97 Å². The van der Waals surface area contributed by atoms with Crippen LogP contribution < -0.4 is 10.5 Å². The lowest BCUT2D eigenvalue weighted by molar-refractivity contribution is 0.411. The third kappa shape index (κ3) is 2.47. The molecular formula is C14H14N4O. The number of hydrogen-bond acceptors (Lipinski definition) is 5. The minimum atomic E-state index is 0.260. The van der Waals surface area contributed by atoms with Crippen LogP contribution in [0.5, 0.6) is 5.75 Å². The largest absolute Gasteiger partial charge is 0.496 e. The molecule has 5 nitrogen and oxygen atoms in total. The summed E-state index contributed by atoms with van der Waals surface area (Å²) in [5, 5.41) is 8.92. The highest BCUT2D eigenvalue weighted by Crippen LogP contribution is 2.28. The molecule has 19 heavy (non-hydrogen) atoms. The predicted molar refractivity (Wildman–Crippen MR) is 72.6 cm³/mol. The molecule has 0 saturated carbocycles. The van der Waals surface area contributed by atoms with E-state index in [2.05, 4.69) is 9.97 Å². The Morgan fingerprint density at radius 3 is 2.53 bits per heavy atom. The lowest BCUT2D eigenvalue weighted by Gasteiger charge is -2.10. The lowest BCUT2D eigenvalue weighted by atomic mass is 10.0. The molecular weight excluding hydrogens is 240 g/mol. The molecule has 1 aromatic carbocycles. The topological polar surface area (TPSA) is 84.8 Å². The highest BCUT2D eigenvalue weighted by atomic mass is 16.5. The molecule has 0 unspecified atom stereocenters. The minimum absolute atomic E-state index is 0.260. The van der Waals surface area contributed by atoms with Gasteiger partial charge in [0, 0.05) is 11.6 Å². The highest BCUT2D eigenvalue weighted by Gasteiger charge is 2.11. The van der Waals surface area contributed by atoms with Crippen LogP contribution in [0.15, 0.2) is 18.2 Å². The summed E-state index contributed by atoms with van der Waals surface area (Å²) in [6, 6.07) is 7.29. The summed E-state index contributed by atoms with van der Waals surface area (Å²) in [7, 11) is 1.63. The molecule has 5 heteroatoms. The highest BCUT2D eigenvalue weighted by molar-refractivity contribution is 5.65. The van der Waals surface area contributed by atoms with Gasteiger partial charge in [-0.15, -0.1) is 0 Å². The maximum Gasteiger partial charge on any atom is 0.163 e. The Hall–Kier alpha value is -2.61. The Morgan fingerprint density at radius 1 is 1.16 bits per heavy atom. The molecule has 2 aromatic rings. The van der Waals surface area contributed by atoms with Crippen molar-refractivity contribution in [3.63, 3.8) is 0 Å². The van der Waals surface area contributed by atoms with Crippen molar-refractivity contribution in [1.82, 2.24) is 9.97 Å². The number of aryl methyl sites for hydroxylation is 2. The standard InChI is InChI=1S/C14H14N4O/c1-8-5-12(19-3)9(2)4-11(8)14-17-10(7-15)6-13(16)18-14/h4-6H,1-3H3,(H2,16,17,18). The first-order valence-corrected chi connectivity index (χ1v) is 5.75. The number of nitriles is 1. The quantitative estimate of drug-likeness (QED) is 0.888. The van der Waals surface area contributed by atoms with Crippen molar-refractivity contribution in [2.24, 2.45) is 0 Å². The van der Waals surface area contributed by atoms with Crippen molar-refractivity contribution < 1.29 is 4.74 Å². The van der Waals surface area contributed by atoms with Gasteiger partial charge in [-0.2, -0.15) is 5.26 Å². The lowest BCUT2D eigenvalue weighted by Crippen LogP contribution is -2.00. The zero-order valence-corrected chi connectivity index (χ0v) is 11.1. The second-order valence-corrected chi connectivity index (χ2v) is 4.25. The van der Waals surface area contributed by atoms with Crippen molar-refractivity contribution in [2.45, 2.75) is 13.8 Å². The van der Waals surface area contributed by atoms with Crippen LogP contribution in [0.4, 0.5) is 5.82 Å². The zero-order chi connectivity index (χ0) is 14.0. The van der Waals surface area contributed by atoms with Gasteiger partial charge in [-0.05, 0) is 37.1 Å². The molecule has 2 N–H and O–H groups in total. The molecule has 1 aromatic heterocycles. The minimum Gasteiger partial charge on any atom is -0.496 e. The third-order valence-electron chi connectivity index (χ3n) is 2.84. The third-order valence-corrected chi connectivity index (χ3v) is 2.84. The Morgan fingerprint density at radius 2 is 1.89 bits per heavy atom. The smallest absolute Gasteiger partial charge is 0.163 e. The van der Waals surface area contributed by atoms with Crippen molar-refractivity contribution in [2.75, 3.05) is 12.8 Å². The molecule has 0 radical (unpaired) electrons. The van der Waals surface area contributed by atoms with Gasteiger partial charge in [0.2, 0.25) is 0 Å². The predicted octanol–water partition coefficient (Wildman–Crippen LogP) is 2.22. The number of nitrogens with zero attached hydrogens (tertiary/aromatic N) is 3. The maximum absolute atomic E-state index is 8.92. The monoisotopic (exact) mass is 254 g/mol. The van der Waals surface area contributed by atoms with E-state index in [4.69, 9.17) is 15.7 Å². The molecule has 0 aliphatic carbocycles. The molecule has 96 valence electrons. The van der Waals surface area contributed by atoms with Crippen LogP contribution in [-0.2, 0) is 0 Å². The SMILES string of the molecule is COc1cc(C)c(-c2nc(N)cc(C#N)n2)cc1C. The van der Waals surface area contributed by atoms with Gasteiger partial charge in [0.05, 0.1) is 7.11 Å². The van der Waals surface area contributed by atoms with Crippen LogP contribution in [0.2, 0.25) is 0 Å². The first-order valence-electron chi connectivity index (χ1n) is 5.75. The van der Waals surface area contributed by atoms with E-state index in [0.29, 0.717) is 5.82 Å². The number of nitrogen functional groups attached to an aromatic ring is 1. The summed E-state index contributed by atoms with van der Waals surface area (Å²) in [6.07, 6.45) is 0. The molecule has 0 amide bonds. The molecule has 0 aliphatic heterocycles. The van der Waals surface area contributed by atoms with Crippen LogP contribution in [0.1, 0.15) is 16.8 Å². The van der Waals surface area contributed by atoms with Gasteiger partial charge >= 0.3 is 0 Å². The number of nitrogens with two attached hydrogens (primary N) is 1. The number of methoxy groups -OCH3 is 1. The van der Waals surface area contributed by atoms with E-state index in [9.17, 15) is 0 Å². The van der Waals surface area contributed by atoms with E-state index in [-0.39, 0.29) is 11.5 Å². The van der Waals surface area contributed by atoms with Crippen LogP contribution in [-0.4, -0.2) is 17.1 Å². The summed E-state index contributed by atoms with van der Waals surface area (Å²) in [4.78, 5) is 8.37. The molecule has 0 fully saturated rings. The molecule has 2 rings (SSSR count). The molecule has 0 aliphatic rings. The maximum atomic E-state index is 8.92. The zero-order valence-electron chi connectivity index (χ0n) is 11.1. The fourth-order valence-electron chi connectivity index (χ4n) is 1.89. The Labute approximate surface area is 111 Å². The number of hydrogen-bond donors (Lipinski definition) is 1. The number of aromatic nitrogens is 2. The summed E-state index contributed by atoms with van der Waals surface area (Å²) in [6.45, 7) is 3.88. The molecule has 0 bridgehead atoms. The summed E-state index contributed by atoms with van der Waals surface area (Å²) >= 11 is 0. The summed E-state index contributed by atoms with van der Waals surface area (Å²) in [5.74, 6) is 1.56. The van der Waals surface area contributed by atoms with Crippen molar-refractivity contribution in [3.05, 3.63) is 35.0 Å². The summed E-state index contributed by atoms with van der Waals surface area (Å²) in [5.41, 5.74) is 8.75.